The highest BCUT2D eigenvalue weighted by molar-refractivity contribution is 4.73. The molecule has 1 aliphatic heterocycles. The number of ether oxygens (including phenoxy) is 1. The second-order valence-electron chi connectivity index (χ2n) is 2.96. The molecule has 0 aromatic heterocycles. The Balaban J connectivity index is 3.16. The fourth-order valence-corrected chi connectivity index (χ4v) is 1.44. The predicted molar refractivity (Wildman–Crippen MR) is 42.7 cm³/mol. The van der Waals surface area contributed by atoms with Gasteiger partial charge in [0.1, 0.15) is 9.85 Å². The summed E-state index contributed by atoms with van der Waals surface area (Å²) < 4.78 is 4.42. The molecule has 1 heterocycles. The van der Waals surface area contributed by atoms with Crippen molar-refractivity contribution >= 4 is 0 Å². The largest absolute Gasteiger partial charge is 0.646 e. The lowest BCUT2D eigenvalue weighted by atomic mass is 10.0. The Morgan fingerprint density at radius 2 is 1.67 bits per heavy atom. The van der Waals surface area contributed by atoms with Gasteiger partial charge >= 0.3 is 11.9 Å². The molecule has 1 rings (SSSR count). The van der Waals surface area contributed by atoms with E-state index in [0.29, 0.717) is 0 Å². The van der Waals surface area contributed by atoms with Crippen LogP contribution in [0.2, 0.25) is 0 Å². The maximum Gasteiger partial charge on any atom is 0.646 e. The van der Waals surface area contributed by atoms with Crippen LogP contribution in [0.5, 0.6) is 0 Å². The molecule has 0 saturated carbocycles. The fraction of sp³-hybridized carbons (Fsp3) is 1.00. The minimum Gasteiger partial charge on any atom is -0.263 e. The highest BCUT2D eigenvalue weighted by atomic mass is 16.8. The van der Waals surface area contributed by atoms with E-state index in [1.165, 1.54) is 0 Å². The number of hydrogen-bond acceptors (Lipinski definition) is 7. The van der Waals surface area contributed by atoms with E-state index >= 15 is 0 Å². The van der Waals surface area contributed by atoms with Crippen LogP contribution in [-0.4, -0.2) is 33.3 Å². The molecule has 1 unspecified atom stereocenters. The molecule has 1 atom stereocenters. The summed E-state index contributed by atoms with van der Waals surface area (Å²) in [6.07, 6.45) is -0.0516. The Morgan fingerprint density at radius 3 is 2.00 bits per heavy atom. The van der Waals surface area contributed by atoms with E-state index in [9.17, 15) is 30.3 Å². The molecule has 0 aromatic carbocycles. The molecule has 1 saturated heterocycles. The second-order valence-corrected chi connectivity index (χ2v) is 2.96. The van der Waals surface area contributed by atoms with Crippen molar-refractivity contribution in [2.24, 2.45) is 0 Å². The van der Waals surface area contributed by atoms with E-state index in [1.54, 1.807) is 0 Å². The summed E-state index contributed by atoms with van der Waals surface area (Å²) >= 11 is 0. The van der Waals surface area contributed by atoms with Crippen molar-refractivity contribution in [1.29, 1.82) is 0 Å². The molecular formula is C5H7N3O7. The highest BCUT2D eigenvalue weighted by Crippen LogP contribution is 2.28. The van der Waals surface area contributed by atoms with Gasteiger partial charge in [0.15, 0.2) is 0 Å². The molecule has 0 amide bonds. The normalized spacial score (nSPS) is 24.4. The van der Waals surface area contributed by atoms with Crippen LogP contribution in [0, 0.1) is 30.3 Å². The van der Waals surface area contributed by atoms with Crippen molar-refractivity contribution in [2.75, 3.05) is 6.61 Å². The topological polar surface area (TPSA) is 139 Å². The Morgan fingerprint density at radius 1 is 1.13 bits per heavy atom. The van der Waals surface area contributed by atoms with Crippen LogP contribution < -0.4 is 0 Å². The first-order valence-electron chi connectivity index (χ1n) is 3.99. The molecule has 1 aliphatic rings. The monoisotopic (exact) mass is 221 g/mol. The van der Waals surface area contributed by atoms with Crippen molar-refractivity contribution in [3.8, 4) is 0 Å². The standard InChI is InChI=1S/C5H7N3O7/c9-6(10)4-2-1-3-15-5(4,7(11)12)8(13)14/h4H,1-3H2. The molecule has 0 aromatic rings. The van der Waals surface area contributed by atoms with Gasteiger partial charge in [-0.15, -0.1) is 0 Å². The molecular weight excluding hydrogens is 214 g/mol. The van der Waals surface area contributed by atoms with Gasteiger partial charge in [-0.2, -0.15) is 0 Å². The Labute approximate surface area is 82.3 Å². The Bertz CT molecular complexity index is 302. The van der Waals surface area contributed by atoms with E-state index in [2.05, 4.69) is 4.74 Å². The van der Waals surface area contributed by atoms with E-state index < -0.39 is 26.7 Å². The highest BCUT2D eigenvalue weighted by Gasteiger charge is 2.73. The quantitative estimate of drug-likeness (QED) is 0.360. The van der Waals surface area contributed by atoms with Crippen molar-refractivity contribution in [3.05, 3.63) is 30.3 Å². The number of nitro groups is 3. The summed E-state index contributed by atoms with van der Waals surface area (Å²) in [4.78, 5) is 27.9. The zero-order valence-corrected chi connectivity index (χ0v) is 7.40. The maximum absolute atomic E-state index is 10.6. The lowest BCUT2D eigenvalue weighted by molar-refractivity contribution is -0.887. The molecule has 1 fully saturated rings. The molecule has 0 radical (unpaired) electrons. The lowest BCUT2D eigenvalue weighted by Gasteiger charge is -2.23. The van der Waals surface area contributed by atoms with Gasteiger partial charge < -0.3 is 0 Å². The summed E-state index contributed by atoms with van der Waals surface area (Å²) in [5.41, 5.74) is 0. The lowest BCUT2D eigenvalue weighted by Crippen LogP contribution is -2.62. The summed E-state index contributed by atoms with van der Waals surface area (Å²) in [5, 5.41) is 31.6. The first-order valence-corrected chi connectivity index (χ1v) is 3.99. The second kappa shape index (κ2) is 3.73. The maximum atomic E-state index is 10.6. The van der Waals surface area contributed by atoms with Gasteiger partial charge in [-0.05, 0) is 6.42 Å². The van der Waals surface area contributed by atoms with Crippen LogP contribution in [0.25, 0.3) is 0 Å². The zero-order chi connectivity index (χ0) is 11.6. The van der Waals surface area contributed by atoms with E-state index in [4.69, 9.17) is 0 Å². The van der Waals surface area contributed by atoms with Crippen molar-refractivity contribution in [1.82, 2.24) is 0 Å². The predicted octanol–water partition coefficient (Wildman–Crippen LogP) is -0.351. The molecule has 0 bridgehead atoms. The summed E-state index contributed by atoms with van der Waals surface area (Å²) in [7, 11) is 0. The van der Waals surface area contributed by atoms with Gasteiger partial charge in [0.25, 0.3) is 0 Å². The summed E-state index contributed by atoms with van der Waals surface area (Å²) in [5.74, 6) is -3.14. The molecule has 0 aliphatic carbocycles. The van der Waals surface area contributed by atoms with E-state index in [0.717, 1.165) is 0 Å². The van der Waals surface area contributed by atoms with Gasteiger partial charge in [-0.3, -0.25) is 30.3 Å². The molecule has 0 spiro atoms. The van der Waals surface area contributed by atoms with Gasteiger partial charge in [-0.1, -0.05) is 0 Å². The Hall–Kier alpha value is -1.84. The minimum atomic E-state index is -3.14. The van der Waals surface area contributed by atoms with Crippen LogP contribution >= 0.6 is 0 Å². The summed E-state index contributed by atoms with van der Waals surface area (Å²) in [6.45, 7) is -0.230. The van der Waals surface area contributed by atoms with Crippen LogP contribution in [0.1, 0.15) is 12.8 Å². The minimum absolute atomic E-state index is 0.190. The van der Waals surface area contributed by atoms with Crippen LogP contribution in [-0.2, 0) is 4.74 Å². The SMILES string of the molecule is O=[N+]([O-])C1CCCOC1([N+](=O)[O-])[N+](=O)[O-]. The molecule has 0 N–H and O–H groups in total. The number of nitrogens with zero attached hydrogens (tertiary/aromatic N) is 3. The molecule has 10 nitrogen and oxygen atoms in total. The fourth-order valence-electron chi connectivity index (χ4n) is 1.44. The van der Waals surface area contributed by atoms with Gasteiger partial charge in [0.05, 0.1) is 6.61 Å². The van der Waals surface area contributed by atoms with Gasteiger partial charge in [-0.25, -0.2) is 4.74 Å². The molecule has 10 heteroatoms. The van der Waals surface area contributed by atoms with Crippen LogP contribution in [0.3, 0.4) is 0 Å². The van der Waals surface area contributed by atoms with Crippen LogP contribution in [0.15, 0.2) is 0 Å². The van der Waals surface area contributed by atoms with Crippen LogP contribution in [0.4, 0.5) is 0 Å². The van der Waals surface area contributed by atoms with Crippen molar-refractivity contribution in [2.45, 2.75) is 24.7 Å². The average Bonchev–Trinajstić information content (AvgIpc) is 2.16. The zero-order valence-electron chi connectivity index (χ0n) is 7.40. The smallest absolute Gasteiger partial charge is 0.263 e. The van der Waals surface area contributed by atoms with Gasteiger partial charge in [0.2, 0.25) is 0 Å². The van der Waals surface area contributed by atoms with Crippen molar-refractivity contribution in [3.63, 3.8) is 0 Å². The van der Waals surface area contributed by atoms with E-state index in [1.807, 2.05) is 0 Å². The Kier molecular flexibility index (Phi) is 2.79. The third-order valence-electron chi connectivity index (χ3n) is 2.15. The average molecular weight is 221 g/mol. The number of hydrogen-bond donors (Lipinski definition) is 0. The summed E-state index contributed by atoms with van der Waals surface area (Å²) in [6, 6.07) is -1.95. The number of rotatable bonds is 3. The first-order chi connectivity index (χ1) is 6.93. The molecule has 84 valence electrons. The third-order valence-corrected chi connectivity index (χ3v) is 2.15. The van der Waals surface area contributed by atoms with Gasteiger partial charge in [0, 0.05) is 11.3 Å². The van der Waals surface area contributed by atoms with Crippen molar-refractivity contribution < 1.29 is 19.5 Å². The van der Waals surface area contributed by atoms with E-state index in [-0.39, 0.29) is 19.4 Å². The molecule has 15 heavy (non-hydrogen) atoms. The third kappa shape index (κ3) is 1.58. The first kappa shape index (κ1) is 11.2.